The summed E-state index contributed by atoms with van der Waals surface area (Å²) >= 11 is 6.34. The number of hydrogen-bond acceptors (Lipinski definition) is 6. The molecule has 0 unspecified atom stereocenters. The first-order valence-corrected chi connectivity index (χ1v) is 11.0. The van der Waals surface area contributed by atoms with Gasteiger partial charge in [0.1, 0.15) is 23.4 Å². The molecule has 1 heterocycles. The van der Waals surface area contributed by atoms with Crippen molar-refractivity contribution in [1.82, 2.24) is 14.9 Å². The highest BCUT2D eigenvalue weighted by Crippen LogP contribution is 2.37. The number of aryl methyl sites for hydroxylation is 1. The Morgan fingerprint density at radius 1 is 1.12 bits per heavy atom. The van der Waals surface area contributed by atoms with Gasteiger partial charge in [-0.1, -0.05) is 11.6 Å². The van der Waals surface area contributed by atoms with Gasteiger partial charge in [0.05, 0.1) is 33.0 Å². The third-order valence-corrected chi connectivity index (χ3v) is 5.36. The van der Waals surface area contributed by atoms with E-state index in [1.807, 2.05) is 36.9 Å². The second kappa shape index (κ2) is 11.5. The molecule has 9 heteroatoms. The number of nitrogens with one attached hydrogen (secondary N) is 1. The second-order valence-electron chi connectivity index (χ2n) is 7.28. The Bertz CT molecular complexity index is 1150. The third-order valence-electron chi connectivity index (χ3n) is 5.08. The van der Waals surface area contributed by atoms with Crippen molar-refractivity contribution >= 4 is 23.6 Å². The van der Waals surface area contributed by atoms with Crippen LogP contribution < -0.4 is 24.3 Å². The van der Waals surface area contributed by atoms with Gasteiger partial charge in [0, 0.05) is 31.6 Å². The first-order valence-electron chi connectivity index (χ1n) is 10.6. The maximum atomic E-state index is 12.9. The summed E-state index contributed by atoms with van der Waals surface area (Å²) in [6.45, 7) is 2.32. The van der Waals surface area contributed by atoms with E-state index in [0.717, 1.165) is 5.56 Å². The lowest BCUT2D eigenvalue weighted by molar-refractivity contribution is -0.117. The first kappa shape index (κ1) is 25.0. The number of nitrogens with zero attached hydrogens (tertiary/aromatic N) is 2. The number of aromatic nitrogens is 2. The fourth-order valence-corrected chi connectivity index (χ4v) is 3.70. The van der Waals surface area contributed by atoms with E-state index in [1.165, 1.54) is 13.2 Å². The molecule has 0 aliphatic rings. The second-order valence-corrected chi connectivity index (χ2v) is 7.69. The van der Waals surface area contributed by atoms with Crippen LogP contribution in [0, 0.1) is 0 Å². The standard InChI is InChI=1S/C25H28ClN3O5/c1-6-34-24-20(26)11-16(12-21(24)33-5)7-8-22(30)28-23(25-27-9-10-29(25)2)17-13-18(31-3)15-19(14-17)32-4/h7-15,23H,6H2,1-5H3,(H,28,30)/b8-7+/t23-/m1/s1. The normalized spacial score (nSPS) is 11.8. The van der Waals surface area contributed by atoms with Gasteiger partial charge in [0.15, 0.2) is 11.5 Å². The molecule has 0 saturated carbocycles. The highest BCUT2D eigenvalue weighted by molar-refractivity contribution is 6.32. The molecule has 0 aliphatic carbocycles. The van der Waals surface area contributed by atoms with Crippen LogP contribution in [-0.2, 0) is 11.8 Å². The molecule has 0 aliphatic heterocycles. The van der Waals surface area contributed by atoms with Crippen molar-refractivity contribution in [2.75, 3.05) is 27.9 Å². The molecule has 34 heavy (non-hydrogen) atoms. The van der Waals surface area contributed by atoms with Crippen LogP contribution in [0.2, 0.25) is 5.02 Å². The maximum absolute atomic E-state index is 12.9. The molecular formula is C25H28ClN3O5. The van der Waals surface area contributed by atoms with Gasteiger partial charge in [-0.3, -0.25) is 4.79 Å². The Balaban J connectivity index is 1.90. The summed E-state index contributed by atoms with van der Waals surface area (Å²) in [6.07, 6.45) is 6.58. The van der Waals surface area contributed by atoms with Crippen molar-refractivity contribution < 1.29 is 23.7 Å². The summed E-state index contributed by atoms with van der Waals surface area (Å²) in [7, 11) is 6.55. The summed E-state index contributed by atoms with van der Waals surface area (Å²) in [5, 5.41) is 3.41. The Kier molecular flexibility index (Phi) is 8.43. The lowest BCUT2D eigenvalue weighted by atomic mass is 10.0. The molecule has 0 fully saturated rings. The summed E-state index contributed by atoms with van der Waals surface area (Å²) in [5.74, 6) is 2.50. The zero-order chi connectivity index (χ0) is 24.7. The van der Waals surface area contributed by atoms with Crippen molar-refractivity contribution in [2.24, 2.45) is 7.05 Å². The molecule has 1 atom stereocenters. The lowest BCUT2D eigenvalue weighted by Gasteiger charge is -2.20. The molecule has 1 amide bonds. The van der Waals surface area contributed by atoms with Crippen LogP contribution in [0.25, 0.3) is 6.08 Å². The maximum Gasteiger partial charge on any atom is 0.244 e. The topological polar surface area (TPSA) is 83.8 Å². The van der Waals surface area contributed by atoms with Crippen molar-refractivity contribution in [3.8, 4) is 23.0 Å². The number of hydrogen-bond donors (Lipinski definition) is 1. The average Bonchev–Trinajstić information content (AvgIpc) is 3.27. The number of rotatable bonds is 10. The van der Waals surface area contributed by atoms with E-state index in [9.17, 15) is 4.79 Å². The molecule has 2 aromatic carbocycles. The smallest absolute Gasteiger partial charge is 0.244 e. The monoisotopic (exact) mass is 485 g/mol. The van der Waals surface area contributed by atoms with E-state index in [-0.39, 0.29) is 5.91 Å². The minimum atomic E-state index is -0.542. The van der Waals surface area contributed by atoms with Crippen molar-refractivity contribution in [3.05, 3.63) is 70.8 Å². The molecule has 1 aromatic heterocycles. The Labute approximate surface area is 204 Å². The fourth-order valence-electron chi connectivity index (χ4n) is 3.43. The first-order chi connectivity index (χ1) is 16.4. The predicted octanol–water partition coefficient (Wildman–Crippen LogP) is 4.42. The highest BCUT2D eigenvalue weighted by Gasteiger charge is 2.22. The van der Waals surface area contributed by atoms with Crippen LogP contribution >= 0.6 is 11.6 Å². The van der Waals surface area contributed by atoms with E-state index in [2.05, 4.69) is 10.3 Å². The summed E-state index contributed by atoms with van der Waals surface area (Å²) in [5.41, 5.74) is 1.45. The van der Waals surface area contributed by atoms with Gasteiger partial charge in [0.25, 0.3) is 0 Å². The number of imidazole rings is 1. The Morgan fingerprint density at radius 2 is 1.82 bits per heavy atom. The van der Waals surface area contributed by atoms with E-state index in [0.29, 0.717) is 46.0 Å². The van der Waals surface area contributed by atoms with Crippen LogP contribution in [0.4, 0.5) is 0 Å². The third kappa shape index (κ3) is 5.82. The minimum absolute atomic E-state index is 0.321. The van der Waals surface area contributed by atoms with Gasteiger partial charge in [-0.05, 0) is 48.4 Å². The fraction of sp³-hybridized carbons (Fsp3) is 0.280. The SMILES string of the molecule is CCOc1c(Cl)cc(/C=C/C(=O)N[C@H](c2cc(OC)cc(OC)c2)c2nccn2C)cc1OC. The van der Waals surface area contributed by atoms with Gasteiger partial charge in [-0.25, -0.2) is 4.98 Å². The van der Waals surface area contributed by atoms with Crippen molar-refractivity contribution in [1.29, 1.82) is 0 Å². The van der Waals surface area contributed by atoms with Crippen LogP contribution in [0.5, 0.6) is 23.0 Å². The number of halogens is 1. The highest BCUT2D eigenvalue weighted by atomic mass is 35.5. The van der Waals surface area contributed by atoms with Crippen LogP contribution in [-0.4, -0.2) is 43.4 Å². The molecule has 3 rings (SSSR count). The largest absolute Gasteiger partial charge is 0.497 e. The molecule has 180 valence electrons. The van der Waals surface area contributed by atoms with E-state index in [4.69, 9.17) is 30.5 Å². The van der Waals surface area contributed by atoms with Crippen molar-refractivity contribution in [2.45, 2.75) is 13.0 Å². The molecule has 0 radical (unpaired) electrons. The number of carbonyl (C=O) groups is 1. The number of methoxy groups -OCH3 is 3. The van der Waals surface area contributed by atoms with Gasteiger partial charge < -0.3 is 28.8 Å². The summed E-state index contributed by atoms with van der Waals surface area (Å²) in [4.78, 5) is 17.4. The van der Waals surface area contributed by atoms with E-state index >= 15 is 0 Å². The van der Waals surface area contributed by atoms with Gasteiger partial charge in [-0.15, -0.1) is 0 Å². The predicted molar refractivity (Wildman–Crippen MR) is 131 cm³/mol. The molecule has 0 spiro atoms. The zero-order valence-corrected chi connectivity index (χ0v) is 20.6. The molecule has 0 bridgehead atoms. The number of carbonyl (C=O) groups excluding carboxylic acids is 1. The Morgan fingerprint density at radius 3 is 2.38 bits per heavy atom. The van der Waals surface area contributed by atoms with Gasteiger partial charge in [-0.2, -0.15) is 0 Å². The number of ether oxygens (including phenoxy) is 4. The van der Waals surface area contributed by atoms with E-state index in [1.54, 1.807) is 44.7 Å². The molecule has 1 N–H and O–H groups in total. The quantitative estimate of drug-likeness (QED) is 0.428. The number of benzene rings is 2. The van der Waals surface area contributed by atoms with Gasteiger partial charge >= 0.3 is 0 Å². The molecular weight excluding hydrogens is 458 g/mol. The average molecular weight is 486 g/mol. The van der Waals surface area contributed by atoms with Gasteiger partial charge in [0.2, 0.25) is 5.91 Å². The Hall–Kier alpha value is -3.65. The number of amides is 1. The summed E-state index contributed by atoms with van der Waals surface area (Å²) in [6, 6.07) is 8.36. The van der Waals surface area contributed by atoms with Crippen LogP contribution in [0.1, 0.15) is 29.9 Å². The van der Waals surface area contributed by atoms with Crippen LogP contribution in [0.3, 0.4) is 0 Å². The minimum Gasteiger partial charge on any atom is -0.497 e. The van der Waals surface area contributed by atoms with E-state index < -0.39 is 6.04 Å². The van der Waals surface area contributed by atoms with Crippen molar-refractivity contribution in [3.63, 3.8) is 0 Å². The lowest BCUT2D eigenvalue weighted by Crippen LogP contribution is -2.29. The van der Waals surface area contributed by atoms with Crippen LogP contribution in [0.15, 0.2) is 48.8 Å². The molecule has 0 saturated heterocycles. The summed E-state index contributed by atoms with van der Waals surface area (Å²) < 4.78 is 23.6. The molecule has 3 aromatic rings. The zero-order valence-electron chi connectivity index (χ0n) is 19.8. The molecule has 8 nitrogen and oxygen atoms in total.